The van der Waals surface area contributed by atoms with E-state index in [1.165, 1.54) is 39.9 Å². The molecule has 0 aliphatic heterocycles. The fourth-order valence-corrected chi connectivity index (χ4v) is 3.50. The van der Waals surface area contributed by atoms with Gasteiger partial charge >= 0.3 is 0 Å². The van der Waals surface area contributed by atoms with Gasteiger partial charge < -0.3 is 5.32 Å². The van der Waals surface area contributed by atoms with Crippen molar-refractivity contribution in [2.75, 3.05) is 6.54 Å². The predicted molar refractivity (Wildman–Crippen MR) is 79.9 cm³/mol. The SMILES string of the molecule is Cc1sc(CCC(C)(C)CNC2CC2)cc1Br. The normalized spacial score (nSPS) is 16.5. The highest BCUT2D eigenvalue weighted by Gasteiger charge is 2.25. The van der Waals surface area contributed by atoms with E-state index in [9.17, 15) is 0 Å². The third kappa shape index (κ3) is 4.38. The number of hydrogen-bond donors (Lipinski definition) is 1. The number of halogens is 1. The van der Waals surface area contributed by atoms with Gasteiger partial charge in [-0.25, -0.2) is 0 Å². The molecule has 1 fully saturated rings. The van der Waals surface area contributed by atoms with Crippen LogP contribution in [0.2, 0.25) is 0 Å². The zero-order chi connectivity index (χ0) is 12.5. The van der Waals surface area contributed by atoms with Crippen molar-refractivity contribution >= 4 is 27.3 Å². The van der Waals surface area contributed by atoms with Crippen LogP contribution in [0, 0.1) is 12.3 Å². The molecular weight excluding hydrogens is 294 g/mol. The molecule has 1 aromatic rings. The fourth-order valence-electron chi connectivity index (χ4n) is 1.90. The van der Waals surface area contributed by atoms with Crippen LogP contribution in [0.25, 0.3) is 0 Å². The molecule has 0 saturated heterocycles. The lowest BCUT2D eigenvalue weighted by molar-refractivity contribution is 0.314. The van der Waals surface area contributed by atoms with Crippen LogP contribution in [0.5, 0.6) is 0 Å². The van der Waals surface area contributed by atoms with E-state index in [-0.39, 0.29) is 0 Å². The maximum Gasteiger partial charge on any atom is 0.0314 e. The van der Waals surface area contributed by atoms with E-state index in [4.69, 9.17) is 0 Å². The Hall–Kier alpha value is 0.140. The van der Waals surface area contributed by atoms with Gasteiger partial charge in [0.15, 0.2) is 0 Å². The molecule has 1 aliphatic rings. The molecule has 2 rings (SSSR count). The summed E-state index contributed by atoms with van der Waals surface area (Å²) in [4.78, 5) is 2.91. The second-order valence-corrected chi connectivity index (χ2v) is 8.13. The first-order valence-electron chi connectivity index (χ1n) is 6.44. The highest BCUT2D eigenvalue weighted by molar-refractivity contribution is 9.10. The summed E-state index contributed by atoms with van der Waals surface area (Å²) in [6.45, 7) is 8.08. The number of thiophene rings is 1. The first kappa shape index (κ1) is 13.6. The van der Waals surface area contributed by atoms with Crippen molar-refractivity contribution in [3.8, 4) is 0 Å². The Balaban J connectivity index is 1.78. The molecule has 1 nitrogen and oxygen atoms in total. The summed E-state index contributed by atoms with van der Waals surface area (Å²) < 4.78 is 1.27. The molecule has 1 aliphatic carbocycles. The minimum absolute atomic E-state index is 0.410. The summed E-state index contributed by atoms with van der Waals surface area (Å²) in [6, 6.07) is 3.11. The van der Waals surface area contributed by atoms with Crippen molar-refractivity contribution in [3.63, 3.8) is 0 Å². The van der Waals surface area contributed by atoms with E-state index in [1.54, 1.807) is 0 Å². The zero-order valence-corrected chi connectivity index (χ0v) is 13.4. The van der Waals surface area contributed by atoms with Crippen molar-refractivity contribution in [2.45, 2.75) is 52.5 Å². The minimum atomic E-state index is 0.410. The maximum atomic E-state index is 3.64. The van der Waals surface area contributed by atoms with Crippen LogP contribution in [-0.4, -0.2) is 12.6 Å². The molecule has 0 aromatic carbocycles. The Kier molecular flexibility index (Phi) is 4.32. The summed E-state index contributed by atoms with van der Waals surface area (Å²) in [5, 5.41) is 3.64. The Labute approximate surface area is 117 Å². The lowest BCUT2D eigenvalue weighted by Crippen LogP contribution is -2.31. The Morgan fingerprint density at radius 2 is 2.18 bits per heavy atom. The van der Waals surface area contributed by atoms with E-state index in [2.05, 4.69) is 48.1 Å². The van der Waals surface area contributed by atoms with Crippen LogP contribution in [0.4, 0.5) is 0 Å². The van der Waals surface area contributed by atoms with Gasteiger partial charge in [0, 0.05) is 26.8 Å². The molecule has 96 valence electrons. The summed E-state index contributed by atoms with van der Waals surface area (Å²) in [7, 11) is 0. The molecule has 1 saturated carbocycles. The van der Waals surface area contributed by atoms with Gasteiger partial charge in [-0.1, -0.05) is 13.8 Å². The largest absolute Gasteiger partial charge is 0.313 e. The predicted octanol–water partition coefficient (Wildman–Crippen LogP) is 4.53. The highest BCUT2D eigenvalue weighted by atomic mass is 79.9. The second kappa shape index (κ2) is 5.41. The van der Waals surface area contributed by atoms with Crippen molar-refractivity contribution < 1.29 is 0 Å². The monoisotopic (exact) mass is 315 g/mol. The Morgan fingerprint density at radius 3 is 2.71 bits per heavy atom. The Morgan fingerprint density at radius 1 is 1.47 bits per heavy atom. The molecule has 1 heterocycles. The molecule has 0 amide bonds. The van der Waals surface area contributed by atoms with Gasteiger partial charge in [0.25, 0.3) is 0 Å². The van der Waals surface area contributed by atoms with Gasteiger partial charge in [-0.05, 0) is 60.0 Å². The van der Waals surface area contributed by atoms with E-state index >= 15 is 0 Å². The van der Waals surface area contributed by atoms with Gasteiger partial charge in [0.2, 0.25) is 0 Å². The lowest BCUT2D eigenvalue weighted by atomic mass is 9.87. The summed E-state index contributed by atoms with van der Waals surface area (Å²) in [5.74, 6) is 0. The Bertz CT molecular complexity index is 360. The third-order valence-corrected chi connectivity index (χ3v) is 5.60. The first-order valence-corrected chi connectivity index (χ1v) is 8.05. The van der Waals surface area contributed by atoms with Crippen LogP contribution in [0.1, 0.15) is 42.9 Å². The molecule has 1 N–H and O–H groups in total. The van der Waals surface area contributed by atoms with Crippen molar-refractivity contribution in [2.24, 2.45) is 5.41 Å². The molecule has 0 atom stereocenters. The van der Waals surface area contributed by atoms with Crippen LogP contribution in [0.3, 0.4) is 0 Å². The maximum absolute atomic E-state index is 3.64. The van der Waals surface area contributed by atoms with Crippen LogP contribution < -0.4 is 5.32 Å². The number of hydrogen-bond acceptors (Lipinski definition) is 2. The van der Waals surface area contributed by atoms with Crippen LogP contribution in [0.15, 0.2) is 10.5 Å². The zero-order valence-electron chi connectivity index (χ0n) is 11.0. The van der Waals surface area contributed by atoms with Crippen molar-refractivity contribution in [1.29, 1.82) is 0 Å². The fraction of sp³-hybridized carbons (Fsp3) is 0.714. The quantitative estimate of drug-likeness (QED) is 0.813. The average Bonchev–Trinajstić information content (AvgIpc) is 3.02. The van der Waals surface area contributed by atoms with Gasteiger partial charge in [-0.15, -0.1) is 11.3 Å². The molecular formula is C14H22BrNS. The summed E-state index contributed by atoms with van der Waals surface area (Å²) in [6.07, 6.45) is 5.23. The molecule has 3 heteroatoms. The number of nitrogens with one attached hydrogen (secondary N) is 1. The van der Waals surface area contributed by atoms with Crippen molar-refractivity contribution in [3.05, 3.63) is 20.3 Å². The number of aryl methyl sites for hydroxylation is 2. The van der Waals surface area contributed by atoms with E-state index < -0.39 is 0 Å². The van der Waals surface area contributed by atoms with Gasteiger partial charge in [0.05, 0.1) is 0 Å². The van der Waals surface area contributed by atoms with E-state index in [0.717, 1.165) is 12.6 Å². The second-order valence-electron chi connectivity index (χ2n) is 5.94. The van der Waals surface area contributed by atoms with Crippen LogP contribution >= 0.6 is 27.3 Å². The van der Waals surface area contributed by atoms with Gasteiger partial charge in [-0.2, -0.15) is 0 Å². The first-order chi connectivity index (χ1) is 7.96. The van der Waals surface area contributed by atoms with Gasteiger partial charge in [0.1, 0.15) is 0 Å². The molecule has 0 spiro atoms. The van der Waals surface area contributed by atoms with E-state index in [0.29, 0.717) is 5.41 Å². The third-order valence-electron chi connectivity index (χ3n) is 3.40. The molecule has 0 bridgehead atoms. The van der Waals surface area contributed by atoms with Crippen molar-refractivity contribution in [1.82, 2.24) is 5.32 Å². The molecule has 0 radical (unpaired) electrons. The van der Waals surface area contributed by atoms with Crippen LogP contribution in [-0.2, 0) is 6.42 Å². The highest BCUT2D eigenvalue weighted by Crippen LogP contribution is 2.30. The lowest BCUT2D eigenvalue weighted by Gasteiger charge is -2.24. The summed E-state index contributed by atoms with van der Waals surface area (Å²) >= 11 is 5.52. The minimum Gasteiger partial charge on any atom is -0.313 e. The van der Waals surface area contributed by atoms with E-state index in [1.807, 2.05) is 11.3 Å². The topological polar surface area (TPSA) is 12.0 Å². The molecule has 0 unspecified atom stereocenters. The number of rotatable bonds is 6. The standard InChI is InChI=1S/C14H22BrNS/c1-10-13(15)8-12(17-10)6-7-14(2,3)9-16-11-4-5-11/h8,11,16H,4-7,9H2,1-3H3. The molecule has 17 heavy (non-hydrogen) atoms. The van der Waals surface area contributed by atoms with Gasteiger partial charge in [-0.3, -0.25) is 0 Å². The smallest absolute Gasteiger partial charge is 0.0314 e. The molecule has 1 aromatic heterocycles. The summed E-state index contributed by atoms with van der Waals surface area (Å²) in [5.41, 5.74) is 0.410. The average molecular weight is 316 g/mol.